The highest BCUT2D eigenvalue weighted by atomic mass is 32.1. The number of hydrogen-bond acceptors (Lipinski definition) is 5. The van der Waals surface area contributed by atoms with Crippen LogP contribution < -0.4 is 5.32 Å². The summed E-state index contributed by atoms with van der Waals surface area (Å²) in [4.78, 5) is 6.23. The van der Waals surface area contributed by atoms with E-state index in [1.165, 1.54) is 24.1 Å². The van der Waals surface area contributed by atoms with Gasteiger partial charge in [-0.1, -0.05) is 6.07 Å². The van der Waals surface area contributed by atoms with Gasteiger partial charge < -0.3 is 5.32 Å². The van der Waals surface area contributed by atoms with Gasteiger partial charge in [-0.2, -0.15) is 0 Å². The summed E-state index contributed by atoms with van der Waals surface area (Å²) in [5.41, 5.74) is 5.10. The average Bonchev–Trinajstić information content (AvgIpc) is 3.49. The number of halogens is 1. The van der Waals surface area contributed by atoms with Crippen LogP contribution in [0.1, 0.15) is 89.8 Å². The first kappa shape index (κ1) is 22.1. The minimum absolute atomic E-state index is 0.171. The van der Waals surface area contributed by atoms with Gasteiger partial charge in [-0.25, -0.2) is 4.39 Å². The van der Waals surface area contributed by atoms with Gasteiger partial charge in [0.25, 0.3) is 0 Å². The van der Waals surface area contributed by atoms with Crippen LogP contribution in [0, 0.1) is 32.0 Å². The number of fused-ring (bicyclic) bond motifs is 3. The molecule has 5 nitrogen and oxygen atoms in total. The van der Waals surface area contributed by atoms with Gasteiger partial charge in [0.2, 0.25) is 0 Å². The highest BCUT2D eigenvalue weighted by molar-refractivity contribution is 7.15. The number of rotatable bonds is 2. The van der Waals surface area contributed by atoms with Gasteiger partial charge in [0, 0.05) is 22.5 Å². The van der Waals surface area contributed by atoms with Crippen molar-refractivity contribution in [2.75, 3.05) is 13.1 Å². The standard InChI is InChI=1S/C27H32FN5S/c1-15-17(3)34-26-23(15)24(30-16(2)25-32-31-18(4)33(25)26)21-6-5-20(13-22(21)28)19-7-9-27(10-8-19)11-12-29-14-27/h5-6,13,16,19,29H,7-12,14H2,1-4H3/t16-,19?,27?/m0/s1. The number of aliphatic imine (C=N–C) groups is 1. The minimum atomic E-state index is -0.205. The fourth-order valence-electron chi connectivity index (χ4n) is 6.23. The molecular formula is C27H32FN5S. The summed E-state index contributed by atoms with van der Waals surface area (Å²) in [6, 6.07) is 5.69. The summed E-state index contributed by atoms with van der Waals surface area (Å²) >= 11 is 1.71. The van der Waals surface area contributed by atoms with Gasteiger partial charge in [0.15, 0.2) is 5.82 Å². The van der Waals surface area contributed by atoms with Crippen molar-refractivity contribution in [3.63, 3.8) is 0 Å². The molecule has 1 N–H and O–H groups in total. The lowest BCUT2D eigenvalue weighted by Gasteiger charge is -2.37. The third kappa shape index (κ3) is 3.39. The van der Waals surface area contributed by atoms with Gasteiger partial charge in [0.1, 0.15) is 22.7 Å². The summed E-state index contributed by atoms with van der Waals surface area (Å²) in [6.07, 6.45) is 6.08. The zero-order valence-corrected chi connectivity index (χ0v) is 21.2. The zero-order chi connectivity index (χ0) is 23.6. The predicted octanol–water partition coefficient (Wildman–Crippen LogP) is 5.94. The molecule has 34 heavy (non-hydrogen) atoms. The van der Waals surface area contributed by atoms with Crippen LogP contribution in [0.25, 0.3) is 5.00 Å². The lowest BCUT2D eigenvalue weighted by atomic mass is 9.68. The molecule has 2 fully saturated rings. The summed E-state index contributed by atoms with van der Waals surface area (Å²) in [5, 5.41) is 13.3. The molecule has 0 amide bonds. The van der Waals surface area contributed by atoms with Crippen molar-refractivity contribution in [2.24, 2.45) is 10.4 Å². The van der Waals surface area contributed by atoms with E-state index in [1.807, 2.05) is 19.9 Å². The monoisotopic (exact) mass is 477 g/mol. The van der Waals surface area contributed by atoms with Crippen molar-refractivity contribution in [2.45, 2.75) is 71.8 Å². The fourth-order valence-corrected chi connectivity index (χ4v) is 7.44. The van der Waals surface area contributed by atoms with Crippen molar-refractivity contribution < 1.29 is 4.39 Å². The minimum Gasteiger partial charge on any atom is -0.316 e. The van der Waals surface area contributed by atoms with Gasteiger partial charge in [-0.3, -0.25) is 9.56 Å². The van der Waals surface area contributed by atoms with Gasteiger partial charge in [-0.05, 0) is 101 Å². The van der Waals surface area contributed by atoms with E-state index in [1.54, 1.807) is 17.4 Å². The average molecular weight is 478 g/mol. The number of thiophene rings is 1. The van der Waals surface area contributed by atoms with E-state index in [0.717, 1.165) is 65.0 Å². The van der Waals surface area contributed by atoms with Crippen molar-refractivity contribution in [3.8, 4) is 5.00 Å². The highest BCUT2D eigenvalue weighted by Crippen LogP contribution is 2.46. The third-order valence-electron chi connectivity index (χ3n) is 8.45. The number of benzene rings is 1. The molecule has 3 aliphatic rings. The maximum atomic E-state index is 15.8. The van der Waals surface area contributed by atoms with Crippen LogP contribution in [0.3, 0.4) is 0 Å². The lowest BCUT2D eigenvalue weighted by Crippen LogP contribution is -2.29. The molecule has 7 heteroatoms. The molecule has 178 valence electrons. The lowest BCUT2D eigenvalue weighted by molar-refractivity contribution is 0.199. The molecule has 1 aliphatic carbocycles. The zero-order valence-electron chi connectivity index (χ0n) is 20.4. The van der Waals surface area contributed by atoms with Crippen molar-refractivity contribution >= 4 is 17.0 Å². The Morgan fingerprint density at radius 3 is 2.62 bits per heavy atom. The summed E-state index contributed by atoms with van der Waals surface area (Å²) < 4.78 is 17.9. The number of aryl methyl sites for hydroxylation is 2. The summed E-state index contributed by atoms with van der Waals surface area (Å²) in [7, 11) is 0. The Balaban J connectivity index is 1.37. The van der Waals surface area contributed by atoms with Crippen LogP contribution in [0.2, 0.25) is 0 Å². The Bertz CT molecular complexity index is 1290. The van der Waals surface area contributed by atoms with Gasteiger partial charge in [0.05, 0.1) is 5.71 Å². The topological polar surface area (TPSA) is 55.1 Å². The maximum absolute atomic E-state index is 15.8. The van der Waals surface area contributed by atoms with Crippen LogP contribution in [0.4, 0.5) is 4.39 Å². The second kappa shape index (κ2) is 8.09. The molecule has 0 radical (unpaired) electrons. The molecule has 1 atom stereocenters. The molecule has 3 aromatic rings. The Morgan fingerprint density at radius 1 is 1.12 bits per heavy atom. The quantitative estimate of drug-likeness (QED) is 0.497. The molecule has 0 unspecified atom stereocenters. The molecule has 1 aromatic carbocycles. The van der Waals surface area contributed by atoms with E-state index in [2.05, 4.69) is 40.0 Å². The molecule has 1 spiro atoms. The van der Waals surface area contributed by atoms with E-state index in [-0.39, 0.29) is 11.9 Å². The number of nitrogens with one attached hydrogen (secondary N) is 1. The molecule has 1 saturated carbocycles. The van der Waals surface area contributed by atoms with Crippen LogP contribution in [0.15, 0.2) is 23.2 Å². The van der Waals surface area contributed by atoms with E-state index in [4.69, 9.17) is 4.99 Å². The molecule has 1 saturated heterocycles. The Hall–Kier alpha value is -2.38. The van der Waals surface area contributed by atoms with E-state index in [9.17, 15) is 0 Å². The largest absolute Gasteiger partial charge is 0.316 e. The Kier molecular flexibility index (Phi) is 5.26. The normalized spacial score (nSPS) is 26.3. The van der Waals surface area contributed by atoms with E-state index >= 15 is 4.39 Å². The number of hydrogen-bond donors (Lipinski definition) is 1. The van der Waals surface area contributed by atoms with Gasteiger partial charge >= 0.3 is 0 Å². The molecular weight excluding hydrogens is 445 g/mol. The third-order valence-corrected chi connectivity index (χ3v) is 9.64. The first-order valence-electron chi connectivity index (χ1n) is 12.5. The fraction of sp³-hybridized carbons (Fsp3) is 0.519. The van der Waals surface area contributed by atoms with Crippen LogP contribution in [0.5, 0.6) is 0 Å². The molecule has 6 rings (SSSR count). The van der Waals surface area contributed by atoms with E-state index in [0.29, 0.717) is 16.9 Å². The summed E-state index contributed by atoms with van der Waals surface area (Å²) in [6.45, 7) is 10.5. The highest BCUT2D eigenvalue weighted by Gasteiger charge is 2.38. The van der Waals surface area contributed by atoms with E-state index < -0.39 is 0 Å². The van der Waals surface area contributed by atoms with Crippen LogP contribution in [-0.2, 0) is 0 Å². The second-order valence-electron chi connectivity index (χ2n) is 10.5. The molecule has 0 bridgehead atoms. The predicted molar refractivity (Wildman–Crippen MR) is 135 cm³/mol. The van der Waals surface area contributed by atoms with Crippen molar-refractivity contribution in [1.29, 1.82) is 0 Å². The smallest absolute Gasteiger partial charge is 0.162 e. The SMILES string of the molecule is Cc1sc2c(c1C)C(c1ccc(C3CCC4(CCNC4)CC3)cc1F)=N[C@@H](C)c1nnc(C)n1-2. The molecule has 2 aliphatic heterocycles. The summed E-state index contributed by atoms with van der Waals surface area (Å²) in [5.74, 6) is 1.92. The molecule has 4 heterocycles. The molecule has 2 aromatic heterocycles. The Labute approximate surface area is 204 Å². The van der Waals surface area contributed by atoms with Crippen molar-refractivity contribution in [1.82, 2.24) is 20.1 Å². The first-order chi connectivity index (χ1) is 16.4. The van der Waals surface area contributed by atoms with Crippen LogP contribution in [-0.4, -0.2) is 33.6 Å². The Morgan fingerprint density at radius 2 is 1.91 bits per heavy atom. The van der Waals surface area contributed by atoms with Gasteiger partial charge in [-0.15, -0.1) is 21.5 Å². The number of nitrogens with zero attached hydrogens (tertiary/aromatic N) is 4. The maximum Gasteiger partial charge on any atom is 0.162 e. The number of aromatic nitrogens is 3. The second-order valence-corrected chi connectivity index (χ2v) is 11.7. The van der Waals surface area contributed by atoms with Crippen LogP contribution >= 0.6 is 11.3 Å². The van der Waals surface area contributed by atoms with Crippen molar-refractivity contribution in [3.05, 3.63) is 62.8 Å². The first-order valence-corrected chi connectivity index (χ1v) is 13.3.